The summed E-state index contributed by atoms with van der Waals surface area (Å²) in [6.45, 7) is 1.77. The van der Waals surface area contributed by atoms with Gasteiger partial charge in [0.05, 0.1) is 12.8 Å². The first-order chi connectivity index (χ1) is 14.5. The van der Waals surface area contributed by atoms with Gasteiger partial charge in [-0.2, -0.15) is 5.10 Å². The van der Waals surface area contributed by atoms with Crippen LogP contribution in [-0.2, 0) is 0 Å². The van der Waals surface area contributed by atoms with Crippen LogP contribution in [0.25, 0.3) is 0 Å². The van der Waals surface area contributed by atoms with Gasteiger partial charge < -0.3 is 10.1 Å². The molecule has 6 nitrogen and oxygen atoms in total. The molecule has 0 aliphatic heterocycles. The maximum atomic E-state index is 12.4. The molecule has 3 aromatic rings. The van der Waals surface area contributed by atoms with E-state index in [0.717, 1.165) is 5.56 Å². The molecule has 3 rings (SSSR count). The molecule has 7 heteroatoms. The molecule has 0 saturated carbocycles. The second-order valence-corrected chi connectivity index (χ2v) is 6.85. The van der Waals surface area contributed by atoms with Gasteiger partial charge in [-0.3, -0.25) is 9.59 Å². The summed E-state index contributed by atoms with van der Waals surface area (Å²) in [4.78, 5) is 24.7. The second-order valence-electron chi connectivity index (χ2n) is 6.42. The molecular formula is C23H20ClN3O3. The fourth-order valence-electron chi connectivity index (χ4n) is 2.68. The molecule has 0 spiro atoms. The van der Waals surface area contributed by atoms with E-state index in [-0.39, 0.29) is 11.8 Å². The van der Waals surface area contributed by atoms with Crippen LogP contribution >= 0.6 is 11.6 Å². The highest BCUT2D eigenvalue weighted by atomic mass is 35.5. The third-order valence-corrected chi connectivity index (χ3v) is 4.52. The number of ether oxygens (including phenoxy) is 1. The number of amides is 2. The number of rotatable bonds is 6. The van der Waals surface area contributed by atoms with E-state index in [1.54, 1.807) is 73.7 Å². The zero-order valence-corrected chi connectivity index (χ0v) is 17.2. The van der Waals surface area contributed by atoms with E-state index in [4.69, 9.17) is 16.3 Å². The molecule has 0 fully saturated rings. The Morgan fingerprint density at radius 2 is 1.53 bits per heavy atom. The first-order valence-corrected chi connectivity index (χ1v) is 9.50. The van der Waals surface area contributed by atoms with Crippen molar-refractivity contribution in [3.8, 4) is 5.75 Å². The van der Waals surface area contributed by atoms with Crippen molar-refractivity contribution in [2.24, 2.45) is 5.10 Å². The lowest BCUT2D eigenvalue weighted by Crippen LogP contribution is -2.19. The predicted molar refractivity (Wildman–Crippen MR) is 119 cm³/mol. The Kier molecular flexibility index (Phi) is 6.83. The molecular weight excluding hydrogens is 402 g/mol. The molecule has 0 aromatic heterocycles. The topological polar surface area (TPSA) is 79.8 Å². The third-order valence-electron chi connectivity index (χ3n) is 4.28. The average molecular weight is 422 g/mol. The molecule has 0 unspecified atom stereocenters. The van der Waals surface area contributed by atoms with E-state index in [1.165, 1.54) is 7.11 Å². The molecule has 0 bridgehead atoms. The number of hydrogen-bond donors (Lipinski definition) is 2. The van der Waals surface area contributed by atoms with Crippen molar-refractivity contribution < 1.29 is 14.3 Å². The van der Waals surface area contributed by atoms with Gasteiger partial charge in [0.1, 0.15) is 5.75 Å². The Morgan fingerprint density at radius 1 is 0.867 bits per heavy atom. The Morgan fingerprint density at radius 3 is 2.27 bits per heavy atom. The average Bonchev–Trinajstić information content (AvgIpc) is 2.77. The summed E-state index contributed by atoms with van der Waals surface area (Å²) < 4.78 is 5.13. The fraction of sp³-hybridized carbons (Fsp3) is 0.0870. The lowest BCUT2D eigenvalue weighted by molar-refractivity contribution is 0.0953. The number of halogens is 1. The van der Waals surface area contributed by atoms with Crippen molar-refractivity contribution in [2.45, 2.75) is 6.92 Å². The molecule has 2 amide bonds. The zero-order valence-electron chi connectivity index (χ0n) is 16.5. The highest BCUT2D eigenvalue weighted by molar-refractivity contribution is 6.31. The van der Waals surface area contributed by atoms with Crippen LogP contribution in [0.5, 0.6) is 5.75 Å². The summed E-state index contributed by atoms with van der Waals surface area (Å²) in [5, 5.41) is 7.48. The minimum Gasteiger partial charge on any atom is -0.497 e. The Bertz CT molecular complexity index is 1110. The quantitative estimate of drug-likeness (QED) is 0.445. The summed E-state index contributed by atoms with van der Waals surface area (Å²) in [6, 6.07) is 20.7. The van der Waals surface area contributed by atoms with Crippen molar-refractivity contribution in [2.75, 3.05) is 12.4 Å². The SMILES string of the molecule is COc1cccc(C(=O)N/N=C(/C)c2cccc(NC(=O)c3cccc(Cl)c3)c2)c1. The molecule has 30 heavy (non-hydrogen) atoms. The summed E-state index contributed by atoms with van der Waals surface area (Å²) in [6.07, 6.45) is 0. The molecule has 0 saturated heterocycles. The van der Waals surface area contributed by atoms with Gasteiger partial charge in [0, 0.05) is 21.8 Å². The number of nitrogens with one attached hydrogen (secondary N) is 2. The summed E-state index contributed by atoms with van der Waals surface area (Å²) in [5.41, 5.74) is 5.38. The first kappa shape index (κ1) is 21.1. The normalized spacial score (nSPS) is 11.0. The van der Waals surface area contributed by atoms with Crippen LogP contribution in [0.2, 0.25) is 5.02 Å². The van der Waals surface area contributed by atoms with Gasteiger partial charge in [0.25, 0.3) is 11.8 Å². The van der Waals surface area contributed by atoms with Gasteiger partial charge in [-0.05, 0) is 61.0 Å². The number of carbonyl (C=O) groups excluding carboxylic acids is 2. The highest BCUT2D eigenvalue weighted by Gasteiger charge is 2.09. The molecule has 0 aliphatic carbocycles. The molecule has 0 aliphatic rings. The van der Waals surface area contributed by atoms with Crippen molar-refractivity contribution in [3.63, 3.8) is 0 Å². The Labute approximate surface area is 179 Å². The van der Waals surface area contributed by atoms with Crippen LogP contribution in [0.3, 0.4) is 0 Å². The van der Waals surface area contributed by atoms with Crippen LogP contribution in [-0.4, -0.2) is 24.6 Å². The van der Waals surface area contributed by atoms with Crippen LogP contribution in [0, 0.1) is 0 Å². The number of nitrogens with zero attached hydrogens (tertiary/aromatic N) is 1. The number of carbonyl (C=O) groups is 2. The van der Waals surface area contributed by atoms with Crippen molar-refractivity contribution in [1.82, 2.24) is 5.43 Å². The van der Waals surface area contributed by atoms with Crippen LogP contribution < -0.4 is 15.5 Å². The smallest absolute Gasteiger partial charge is 0.271 e. The molecule has 0 radical (unpaired) electrons. The first-order valence-electron chi connectivity index (χ1n) is 9.12. The van der Waals surface area contributed by atoms with Gasteiger partial charge >= 0.3 is 0 Å². The maximum Gasteiger partial charge on any atom is 0.271 e. The lowest BCUT2D eigenvalue weighted by atomic mass is 10.1. The zero-order chi connectivity index (χ0) is 21.5. The van der Waals surface area contributed by atoms with Crippen molar-refractivity contribution >= 4 is 34.8 Å². The summed E-state index contributed by atoms with van der Waals surface area (Å²) in [5.74, 6) is -0.0271. The van der Waals surface area contributed by atoms with Gasteiger partial charge in [0.2, 0.25) is 0 Å². The Hall–Kier alpha value is -3.64. The predicted octanol–water partition coefficient (Wildman–Crippen LogP) is 4.75. The standard InChI is InChI=1S/C23H20ClN3O3/c1-15(26-27-23(29)18-8-5-11-21(14-18)30-2)16-6-4-10-20(13-16)25-22(28)17-7-3-9-19(24)12-17/h3-14H,1-2H3,(H,25,28)(H,27,29)/b26-15-. The van der Waals surface area contributed by atoms with E-state index >= 15 is 0 Å². The minimum atomic E-state index is -0.348. The molecule has 2 N–H and O–H groups in total. The van der Waals surface area contributed by atoms with E-state index in [9.17, 15) is 9.59 Å². The largest absolute Gasteiger partial charge is 0.497 e. The van der Waals surface area contributed by atoms with Gasteiger partial charge in [0.15, 0.2) is 0 Å². The number of hydrogen-bond acceptors (Lipinski definition) is 4. The van der Waals surface area contributed by atoms with E-state index < -0.39 is 0 Å². The monoisotopic (exact) mass is 421 g/mol. The van der Waals surface area contributed by atoms with Gasteiger partial charge in [-0.15, -0.1) is 0 Å². The van der Waals surface area contributed by atoms with Crippen LogP contribution in [0.1, 0.15) is 33.2 Å². The Balaban J connectivity index is 1.69. The molecule has 0 heterocycles. The number of methoxy groups -OCH3 is 1. The second kappa shape index (κ2) is 9.71. The maximum absolute atomic E-state index is 12.4. The highest BCUT2D eigenvalue weighted by Crippen LogP contribution is 2.16. The van der Waals surface area contributed by atoms with E-state index in [0.29, 0.717) is 33.3 Å². The van der Waals surface area contributed by atoms with Crippen LogP contribution in [0.4, 0.5) is 5.69 Å². The van der Waals surface area contributed by atoms with Crippen molar-refractivity contribution in [1.29, 1.82) is 0 Å². The molecule has 0 atom stereocenters. The van der Waals surface area contributed by atoms with Gasteiger partial charge in [-0.1, -0.05) is 35.9 Å². The summed E-state index contributed by atoms with van der Waals surface area (Å²) in [7, 11) is 1.54. The fourth-order valence-corrected chi connectivity index (χ4v) is 2.87. The van der Waals surface area contributed by atoms with E-state index in [1.807, 2.05) is 6.07 Å². The number of benzene rings is 3. The van der Waals surface area contributed by atoms with Crippen LogP contribution in [0.15, 0.2) is 77.9 Å². The third kappa shape index (κ3) is 5.46. The molecule has 3 aromatic carbocycles. The number of anilines is 1. The van der Waals surface area contributed by atoms with Gasteiger partial charge in [-0.25, -0.2) is 5.43 Å². The summed E-state index contributed by atoms with van der Waals surface area (Å²) >= 11 is 5.94. The number of hydrazone groups is 1. The van der Waals surface area contributed by atoms with Crippen molar-refractivity contribution in [3.05, 3.63) is 94.5 Å². The molecule has 152 valence electrons. The lowest BCUT2D eigenvalue weighted by Gasteiger charge is -2.08. The van der Waals surface area contributed by atoms with E-state index in [2.05, 4.69) is 15.8 Å². The minimum absolute atomic E-state index is 0.268.